The molecule has 25 heavy (non-hydrogen) atoms. The van der Waals surface area contributed by atoms with Crippen LogP contribution in [0.1, 0.15) is 117 Å². The fraction of sp³-hybridized carbons (Fsp3) is 1.00. The maximum atomic E-state index is 11.5. The summed E-state index contributed by atoms with van der Waals surface area (Å²) in [5.41, 5.74) is 0. The summed E-state index contributed by atoms with van der Waals surface area (Å²) in [6, 6.07) is 0. The Balaban J connectivity index is 0. The van der Waals surface area contributed by atoms with Crippen LogP contribution < -0.4 is 51.4 Å². The van der Waals surface area contributed by atoms with Crippen molar-refractivity contribution in [3.8, 4) is 0 Å². The summed E-state index contributed by atoms with van der Waals surface area (Å²) >= 11 is 0. The molecule has 0 saturated heterocycles. The first-order chi connectivity index (χ1) is 11.4. The Morgan fingerprint density at radius 3 is 1.24 bits per heavy atom. The van der Waals surface area contributed by atoms with Crippen molar-refractivity contribution >= 4 is 10.1 Å². The molecule has 146 valence electrons. The van der Waals surface area contributed by atoms with E-state index in [1.54, 1.807) is 0 Å². The van der Waals surface area contributed by atoms with Gasteiger partial charge in [-0.1, -0.05) is 90.9 Å². The van der Waals surface area contributed by atoms with E-state index in [1.165, 1.54) is 32.1 Å². The van der Waals surface area contributed by atoms with Gasteiger partial charge >= 0.3 is 51.4 Å². The van der Waals surface area contributed by atoms with Gasteiger partial charge < -0.3 is 9.66 Å². The predicted molar refractivity (Wildman–Crippen MR) is 99.9 cm³/mol. The average Bonchev–Trinajstić information content (AvgIpc) is 2.52. The van der Waals surface area contributed by atoms with Crippen molar-refractivity contribution in [3.05, 3.63) is 0 Å². The zero-order valence-corrected chi connectivity index (χ0v) is 20.8. The Morgan fingerprint density at radius 2 is 0.960 bits per heavy atom. The van der Waals surface area contributed by atoms with Crippen molar-refractivity contribution < 1.29 is 69.5 Å². The maximum absolute atomic E-state index is 11.5. The molecule has 0 aliphatic heterocycles. The molecule has 0 aromatic carbocycles. The van der Waals surface area contributed by atoms with Crippen molar-refractivity contribution in [1.29, 1.82) is 0 Å². The Bertz CT molecular complexity index is 387. The van der Waals surface area contributed by atoms with Crippen LogP contribution in [0.3, 0.4) is 0 Å². The molecule has 0 fully saturated rings. The summed E-state index contributed by atoms with van der Waals surface area (Å²) in [5.74, 6) is 0. The molecule has 0 spiro atoms. The summed E-state index contributed by atoms with van der Waals surface area (Å²) in [4.78, 5) is -2.06. The topological polar surface area (TPSA) is 77.4 Å². The Kier molecular flexibility index (Phi) is 20.2. The number of hydrogen-bond donors (Lipinski definition) is 1. The second-order valence-electron chi connectivity index (χ2n) is 7.14. The van der Waals surface area contributed by atoms with E-state index in [1.807, 2.05) is 0 Å². The van der Waals surface area contributed by atoms with Crippen LogP contribution in [0.4, 0.5) is 0 Å². The van der Waals surface area contributed by atoms with E-state index >= 15 is 0 Å². The van der Waals surface area contributed by atoms with E-state index in [9.17, 15) is 18.1 Å². The number of aliphatic hydroxyl groups is 1. The van der Waals surface area contributed by atoms with E-state index in [4.69, 9.17) is 0 Å². The molecule has 0 aromatic rings. The normalized spacial score (nSPS) is 14.1. The predicted octanol–water partition coefficient (Wildman–Crippen LogP) is 2.51. The van der Waals surface area contributed by atoms with Crippen LogP contribution in [0.15, 0.2) is 0 Å². The van der Waals surface area contributed by atoms with Crippen LogP contribution in [0, 0.1) is 0 Å². The van der Waals surface area contributed by atoms with Gasteiger partial charge in [-0.3, -0.25) is 0 Å². The van der Waals surface area contributed by atoms with Crippen LogP contribution >= 0.6 is 0 Å². The number of unbranched alkanes of at least 4 members (excludes halogenated alkanes) is 12. The van der Waals surface area contributed by atoms with E-state index in [-0.39, 0.29) is 64.2 Å². The SMILES string of the molecule is CCCCCCCCCCC(O)(CCCCCCCC)S(=O)(=O)[O-].[K+]. The molecule has 4 nitrogen and oxygen atoms in total. The summed E-state index contributed by atoms with van der Waals surface area (Å²) < 4.78 is 34.4. The van der Waals surface area contributed by atoms with Gasteiger partial charge in [0.15, 0.2) is 4.93 Å². The zero-order valence-electron chi connectivity index (χ0n) is 16.9. The van der Waals surface area contributed by atoms with Gasteiger partial charge in [-0.2, -0.15) is 0 Å². The molecule has 0 saturated carbocycles. The Morgan fingerprint density at radius 1 is 0.680 bits per heavy atom. The first-order valence-corrected chi connectivity index (χ1v) is 11.5. The first-order valence-electron chi connectivity index (χ1n) is 10.0. The molecular weight excluding hydrogens is 363 g/mol. The molecule has 6 heteroatoms. The van der Waals surface area contributed by atoms with Crippen molar-refractivity contribution in [3.63, 3.8) is 0 Å². The second-order valence-corrected chi connectivity index (χ2v) is 8.81. The van der Waals surface area contributed by atoms with Crippen LogP contribution in [-0.2, 0) is 10.1 Å². The van der Waals surface area contributed by atoms with Gasteiger partial charge in [0.1, 0.15) is 10.1 Å². The van der Waals surface area contributed by atoms with Crippen molar-refractivity contribution in [2.75, 3.05) is 0 Å². The van der Waals surface area contributed by atoms with Crippen LogP contribution in [0.5, 0.6) is 0 Å². The third kappa shape index (κ3) is 15.1. The zero-order chi connectivity index (χ0) is 18.3. The molecule has 0 radical (unpaired) electrons. The summed E-state index contributed by atoms with van der Waals surface area (Å²) in [6.07, 6.45) is 14.9. The summed E-state index contributed by atoms with van der Waals surface area (Å²) in [6.45, 7) is 4.33. The third-order valence-electron chi connectivity index (χ3n) is 4.81. The van der Waals surface area contributed by atoms with E-state index in [0.29, 0.717) is 12.8 Å². The van der Waals surface area contributed by atoms with E-state index in [0.717, 1.165) is 44.9 Å². The molecule has 1 N–H and O–H groups in total. The largest absolute Gasteiger partial charge is 1.00 e. The van der Waals surface area contributed by atoms with Gasteiger partial charge in [-0.25, -0.2) is 8.42 Å². The first kappa shape index (κ1) is 28.7. The molecule has 0 aliphatic carbocycles. The molecule has 0 bridgehead atoms. The van der Waals surface area contributed by atoms with Crippen LogP contribution in [0.2, 0.25) is 0 Å². The molecule has 1 unspecified atom stereocenters. The van der Waals surface area contributed by atoms with E-state index < -0.39 is 15.1 Å². The molecular formula is C19H39KO4S. The summed E-state index contributed by atoms with van der Waals surface area (Å²) in [5, 5.41) is 10.3. The summed E-state index contributed by atoms with van der Waals surface area (Å²) in [7, 11) is -4.66. The molecule has 0 aliphatic rings. The van der Waals surface area contributed by atoms with E-state index in [2.05, 4.69) is 13.8 Å². The van der Waals surface area contributed by atoms with Gasteiger partial charge in [0.05, 0.1) is 0 Å². The van der Waals surface area contributed by atoms with Crippen LogP contribution in [0.25, 0.3) is 0 Å². The number of rotatable bonds is 17. The fourth-order valence-corrected chi connectivity index (χ4v) is 3.88. The standard InChI is InChI=1S/C19H40O4S.K/c1-3-5-7-9-11-12-14-16-18-19(20,24(21,22)23)17-15-13-10-8-6-4-2;/h20H,3-18H2,1-2H3,(H,21,22,23);/q;+1/p-1. The van der Waals surface area contributed by atoms with Crippen LogP contribution in [-0.4, -0.2) is 23.0 Å². The maximum Gasteiger partial charge on any atom is 1.00 e. The van der Waals surface area contributed by atoms with Crippen molar-refractivity contribution in [1.82, 2.24) is 0 Å². The molecule has 0 rings (SSSR count). The minimum Gasteiger partial charge on any atom is -0.746 e. The molecule has 0 heterocycles. The molecule has 0 amide bonds. The quantitative estimate of drug-likeness (QED) is 0.230. The van der Waals surface area contributed by atoms with Crippen molar-refractivity contribution in [2.24, 2.45) is 0 Å². The Labute approximate surface area is 199 Å². The van der Waals surface area contributed by atoms with Gasteiger partial charge in [-0.15, -0.1) is 0 Å². The Hall–Kier alpha value is 1.51. The van der Waals surface area contributed by atoms with Gasteiger partial charge in [0, 0.05) is 0 Å². The van der Waals surface area contributed by atoms with Crippen molar-refractivity contribution in [2.45, 2.75) is 122 Å². The molecule has 1 atom stereocenters. The van der Waals surface area contributed by atoms with Gasteiger partial charge in [0.2, 0.25) is 0 Å². The monoisotopic (exact) mass is 402 g/mol. The smallest absolute Gasteiger partial charge is 0.746 e. The van der Waals surface area contributed by atoms with Gasteiger partial charge in [0.25, 0.3) is 0 Å². The third-order valence-corrected chi connectivity index (χ3v) is 6.15. The molecule has 0 aromatic heterocycles. The second kappa shape index (κ2) is 17.6. The van der Waals surface area contributed by atoms with Gasteiger partial charge in [-0.05, 0) is 25.7 Å². The average molecular weight is 403 g/mol. The minimum absolute atomic E-state index is 0. The minimum atomic E-state index is -4.66. The number of hydrogen-bond acceptors (Lipinski definition) is 4. The fourth-order valence-electron chi connectivity index (χ4n) is 3.09.